The van der Waals surface area contributed by atoms with E-state index in [1.807, 2.05) is 0 Å². The van der Waals surface area contributed by atoms with Crippen LogP contribution in [0.4, 0.5) is 11.4 Å². The van der Waals surface area contributed by atoms with Crippen molar-refractivity contribution in [3.05, 3.63) is 18.2 Å². The second kappa shape index (κ2) is 7.93. The van der Waals surface area contributed by atoms with Gasteiger partial charge < -0.3 is 15.4 Å². The number of nitrogens with one attached hydrogen (secondary N) is 3. The molecule has 0 fully saturated rings. The Morgan fingerprint density at radius 1 is 1.35 bits per heavy atom. The minimum Gasteiger partial charge on any atom is -0.494 e. The van der Waals surface area contributed by atoms with Gasteiger partial charge in [-0.05, 0) is 19.2 Å². The maximum atomic E-state index is 11.4. The molecule has 3 N–H and O–H groups in total. The van der Waals surface area contributed by atoms with Crippen LogP contribution < -0.4 is 20.1 Å². The van der Waals surface area contributed by atoms with Crippen LogP contribution in [0, 0.1) is 0 Å². The molecule has 0 aliphatic rings. The van der Waals surface area contributed by atoms with E-state index in [2.05, 4.69) is 15.4 Å². The molecule has 1 rings (SSSR count). The second-order valence-corrected chi connectivity index (χ2v) is 5.62. The summed E-state index contributed by atoms with van der Waals surface area (Å²) < 4.78 is 29.8. The average Bonchev–Trinajstić information content (AvgIpc) is 2.29. The number of hydrogen-bond donors (Lipinski definition) is 3. The van der Waals surface area contributed by atoms with Crippen molar-refractivity contribution in [1.29, 1.82) is 0 Å². The first-order chi connectivity index (χ1) is 8.85. The number of methoxy groups -OCH3 is 1. The molecule has 0 spiro atoms. The molecule has 0 saturated heterocycles. The topological polar surface area (TPSA) is 96.5 Å². The van der Waals surface area contributed by atoms with Crippen LogP contribution in [0.3, 0.4) is 0 Å². The van der Waals surface area contributed by atoms with Crippen molar-refractivity contribution in [3.63, 3.8) is 0 Å². The van der Waals surface area contributed by atoms with Gasteiger partial charge in [-0.2, -0.15) is 0 Å². The van der Waals surface area contributed by atoms with Gasteiger partial charge in [-0.15, -0.1) is 12.4 Å². The van der Waals surface area contributed by atoms with Crippen LogP contribution in [0.2, 0.25) is 0 Å². The number of benzene rings is 1. The summed E-state index contributed by atoms with van der Waals surface area (Å²) in [6.45, 7) is 0.186. The average molecular weight is 324 g/mol. The molecule has 7 nitrogen and oxygen atoms in total. The highest BCUT2D eigenvalue weighted by Crippen LogP contribution is 2.28. The number of hydrogen-bond acceptors (Lipinski definition) is 5. The number of carbonyl (C=O) groups excluding carboxylic acids is 1. The highest BCUT2D eigenvalue weighted by atomic mass is 35.5. The van der Waals surface area contributed by atoms with Crippen LogP contribution in [-0.2, 0) is 14.8 Å². The standard InChI is InChI=1S/C11H17N3O4S.ClH/c1-12-7-11(15)13-8-4-5-9(10(6-8)18-2)14-19(3,16)17;/h4-6,12,14H,7H2,1-3H3,(H,13,15);1H. The lowest BCUT2D eigenvalue weighted by Gasteiger charge is -2.12. The van der Waals surface area contributed by atoms with E-state index in [4.69, 9.17) is 4.74 Å². The summed E-state index contributed by atoms with van der Waals surface area (Å²) in [4.78, 5) is 11.4. The Kier molecular flexibility index (Phi) is 7.33. The molecule has 9 heteroatoms. The van der Waals surface area contributed by atoms with Crippen LogP contribution in [0.5, 0.6) is 5.75 Å². The number of likely N-dealkylation sites (N-methyl/N-ethyl adjacent to an activating group) is 1. The minimum absolute atomic E-state index is 0. The van der Waals surface area contributed by atoms with Crippen molar-refractivity contribution < 1.29 is 17.9 Å². The van der Waals surface area contributed by atoms with Gasteiger partial charge in [0.15, 0.2) is 0 Å². The SMILES string of the molecule is CNCC(=O)Nc1ccc(NS(C)(=O)=O)c(OC)c1.Cl. The molecule has 0 saturated carbocycles. The summed E-state index contributed by atoms with van der Waals surface area (Å²) in [5.74, 6) is 0.126. The van der Waals surface area contributed by atoms with E-state index in [1.165, 1.54) is 13.2 Å². The highest BCUT2D eigenvalue weighted by molar-refractivity contribution is 7.92. The lowest BCUT2D eigenvalue weighted by atomic mass is 10.2. The molecule has 0 bridgehead atoms. The monoisotopic (exact) mass is 323 g/mol. The van der Waals surface area contributed by atoms with E-state index < -0.39 is 10.0 Å². The van der Waals surface area contributed by atoms with Crippen molar-refractivity contribution in [3.8, 4) is 5.75 Å². The zero-order valence-electron chi connectivity index (χ0n) is 11.4. The van der Waals surface area contributed by atoms with Gasteiger partial charge >= 0.3 is 0 Å². The van der Waals surface area contributed by atoms with Crippen molar-refractivity contribution in [2.45, 2.75) is 0 Å². The largest absolute Gasteiger partial charge is 0.494 e. The first kappa shape index (κ1) is 18.5. The van der Waals surface area contributed by atoms with Crippen LogP contribution >= 0.6 is 12.4 Å². The number of sulfonamides is 1. The molecule has 0 aliphatic carbocycles. The van der Waals surface area contributed by atoms with E-state index in [0.717, 1.165) is 6.26 Å². The van der Waals surface area contributed by atoms with Gasteiger partial charge in [0, 0.05) is 11.8 Å². The van der Waals surface area contributed by atoms with E-state index >= 15 is 0 Å². The van der Waals surface area contributed by atoms with Gasteiger partial charge in [0.1, 0.15) is 5.75 Å². The summed E-state index contributed by atoms with van der Waals surface area (Å²) in [5, 5.41) is 5.37. The lowest BCUT2D eigenvalue weighted by Crippen LogP contribution is -2.25. The summed E-state index contributed by atoms with van der Waals surface area (Å²) in [6, 6.07) is 4.65. The van der Waals surface area contributed by atoms with Crippen LogP contribution in [0.25, 0.3) is 0 Å². The molecular formula is C11H18ClN3O4S. The van der Waals surface area contributed by atoms with Crippen molar-refractivity contribution in [1.82, 2.24) is 5.32 Å². The number of rotatable bonds is 6. The van der Waals surface area contributed by atoms with Crippen LogP contribution in [-0.4, -0.2) is 41.3 Å². The highest BCUT2D eigenvalue weighted by Gasteiger charge is 2.10. The van der Waals surface area contributed by atoms with Crippen molar-refractivity contribution in [2.75, 3.05) is 37.0 Å². The van der Waals surface area contributed by atoms with Gasteiger partial charge in [0.2, 0.25) is 15.9 Å². The molecule has 0 unspecified atom stereocenters. The number of ether oxygens (including phenoxy) is 1. The van der Waals surface area contributed by atoms with Gasteiger partial charge in [-0.1, -0.05) is 0 Å². The maximum Gasteiger partial charge on any atom is 0.238 e. The Hall–Kier alpha value is -1.51. The summed E-state index contributed by atoms with van der Waals surface area (Å²) >= 11 is 0. The normalized spacial score (nSPS) is 10.3. The van der Waals surface area contributed by atoms with Gasteiger partial charge in [-0.25, -0.2) is 8.42 Å². The van der Waals surface area contributed by atoms with Gasteiger partial charge in [0.25, 0.3) is 0 Å². The molecule has 1 aromatic rings. The van der Waals surface area contributed by atoms with Crippen LogP contribution in [0.15, 0.2) is 18.2 Å². The number of carbonyl (C=O) groups is 1. The zero-order chi connectivity index (χ0) is 14.5. The third-order valence-corrected chi connectivity index (χ3v) is 2.71. The molecule has 114 valence electrons. The number of amides is 1. The predicted octanol–water partition coefficient (Wildman–Crippen LogP) is 0.646. The van der Waals surface area contributed by atoms with Gasteiger partial charge in [0.05, 0.1) is 25.6 Å². The van der Waals surface area contributed by atoms with Crippen molar-refractivity contribution >= 4 is 39.7 Å². The molecule has 1 amide bonds. The Balaban J connectivity index is 0.00000361. The smallest absolute Gasteiger partial charge is 0.238 e. The fourth-order valence-electron chi connectivity index (χ4n) is 1.42. The first-order valence-corrected chi connectivity index (χ1v) is 7.35. The van der Waals surface area contributed by atoms with E-state index in [9.17, 15) is 13.2 Å². The molecule has 0 aliphatic heterocycles. The van der Waals surface area contributed by atoms with E-state index in [-0.39, 0.29) is 24.9 Å². The zero-order valence-corrected chi connectivity index (χ0v) is 13.0. The Labute approximate surface area is 124 Å². The third-order valence-electron chi connectivity index (χ3n) is 2.12. The summed E-state index contributed by atoms with van der Waals surface area (Å²) in [5.41, 5.74) is 0.841. The quantitative estimate of drug-likeness (QED) is 0.714. The second-order valence-electron chi connectivity index (χ2n) is 3.87. The summed E-state index contributed by atoms with van der Waals surface area (Å²) in [7, 11) is -0.297. The molecule has 1 aromatic carbocycles. The van der Waals surface area contributed by atoms with E-state index in [0.29, 0.717) is 17.1 Å². The fraction of sp³-hybridized carbons (Fsp3) is 0.364. The maximum absolute atomic E-state index is 11.4. The van der Waals surface area contributed by atoms with Gasteiger partial charge in [-0.3, -0.25) is 9.52 Å². The minimum atomic E-state index is -3.38. The predicted molar refractivity (Wildman–Crippen MR) is 81.3 cm³/mol. The molecule has 0 radical (unpaired) electrons. The van der Waals surface area contributed by atoms with E-state index in [1.54, 1.807) is 19.2 Å². The Morgan fingerprint density at radius 3 is 2.50 bits per heavy atom. The van der Waals surface area contributed by atoms with Crippen molar-refractivity contribution in [2.24, 2.45) is 0 Å². The molecular weight excluding hydrogens is 306 g/mol. The molecule has 0 aromatic heterocycles. The Bertz CT molecular complexity index is 563. The fourth-order valence-corrected chi connectivity index (χ4v) is 1.99. The number of halogens is 1. The molecule has 0 atom stereocenters. The first-order valence-electron chi connectivity index (χ1n) is 5.46. The summed E-state index contributed by atoms with van der Waals surface area (Å²) in [6.07, 6.45) is 1.05. The third kappa shape index (κ3) is 6.09. The number of anilines is 2. The van der Waals surface area contributed by atoms with Crippen LogP contribution in [0.1, 0.15) is 0 Å². The lowest BCUT2D eigenvalue weighted by molar-refractivity contribution is -0.115. The molecule has 20 heavy (non-hydrogen) atoms. The Morgan fingerprint density at radius 2 is 2.00 bits per heavy atom. The molecule has 0 heterocycles.